The lowest BCUT2D eigenvalue weighted by atomic mass is 10.2. The molecule has 3 rings (SSSR count). The van der Waals surface area contributed by atoms with E-state index in [-0.39, 0.29) is 16.3 Å². The summed E-state index contributed by atoms with van der Waals surface area (Å²) >= 11 is 0. The molecule has 0 radical (unpaired) electrons. The van der Waals surface area contributed by atoms with E-state index in [0.717, 1.165) is 42.9 Å². The van der Waals surface area contributed by atoms with Crippen molar-refractivity contribution in [2.75, 3.05) is 0 Å². The van der Waals surface area contributed by atoms with Crippen LogP contribution in [0.5, 0.6) is 0 Å². The number of halogens is 1. The van der Waals surface area contributed by atoms with Crippen molar-refractivity contribution in [1.29, 1.82) is 0 Å². The Labute approximate surface area is 140 Å². The van der Waals surface area contributed by atoms with E-state index in [4.69, 9.17) is 4.42 Å². The van der Waals surface area contributed by atoms with Gasteiger partial charge in [-0.1, -0.05) is 0 Å². The first-order valence-electron chi connectivity index (χ1n) is 6.77. The highest BCUT2D eigenvalue weighted by molar-refractivity contribution is 7.91. The maximum Gasteiger partial charge on any atom is 0.215 e. The molecular weight excluding hydrogens is 353 g/mol. The predicted molar refractivity (Wildman–Crippen MR) is 81.9 cm³/mol. The van der Waals surface area contributed by atoms with Crippen LogP contribution >= 0.6 is 0 Å². The van der Waals surface area contributed by atoms with Gasteiger partial charge < -0.3 is 9.52 Å². The number of aromatic nitrogens is 3. The van der Waals surface area contributed by atoms with Crippen LogP contribution < -0.4 is 0 Å². The van der Waals surface area contributed by atoms with E-state index < -0.39 is 32.1 Å². The van der Waals surface area contributed by atoms with E-state index >= 15 is 0 Å². The fourth-order valence-corrected chi connectivity index (χ4v) is 3.38. The molecule has 3 aromatic rings. The number of rotatable bonds is 5. The van der Waals surface area contributed by atoms with Crippen molar-refractivity contribution in [3.8, 4) is 0 Å². The number of H-pyrrole nitrogens is 1. The highest BCUT2D eigenvalue weighted by Crippen LogP contribution is 2.26. The molecule has 8 nitrogen and oxygen atoms in total. The van der Waals surface area contributed by atoms with Crippen molar-refractivity contribution in [2.45, 2.75) is 9.79 Å². The number of carbonyl (C=O) groups is 1. The molecule has 10 heteroatoms. The smallest absolute Gasteiger partial charge is 0.215 e. The summed E-state index contributed by atoms with van der Waals surface area (Å²) in [5.41, 5.74) is -0.286. The first-order valence-corrected chi connectivity index (χ1v) is 8.26. The molecule has 0 fully saturated rings. The summed E-state index contributed by atoms with van der Waals surface area (Å²) in [4.78, 5) is 15.3. The number of aliphatic hydroxyl groups is 1. The number of benzene rings is 1. The summed E-state index contributed by atoms with van der Waals surface area (Å²) in [5.74, 6) is -2.09. The van der Waals surface area contributed by atoms with Gasteiger partial charge in [-0.3, -0.25) is 9.89 Å². The molecule has 0 spiro atoms. The maximum atomic E-state index is 13.0. The number of carbonyl (C=O) groups excluding carboxylic acids is 1. The van der Waals surface area contributed by atoms with Gasteiger partial charge in [0.25, 0.3) is 0 Å². The molecule has 25 heavy (non-hydrogen) atoms. The topological polar surface area (TPSA) is 126 Å². The number of sulfone groups is 1. The fourth-order valence-electron chi connectivity index (χ4n) is 2.01. The van der Waals surface area contributed by atoms with Crippen LogP contribution in [0.2, 0.25) is 0 Å². The van der Waals surface area contributed by atoms with E-state index in [1.165, 1.54) is 6.33 Å². The number of aromatic amines is 1. The minimum absolute atomic E-state index is 0.125. The van der Waals surface area contributed by atoms with Gasteiger partial charge in [-0.15, -0.1) is 0 Å². The van der Waals surface area contributed by atoms with Crippen molar-refractivity contribution in [2.24, 2.45) is 0 Å². The molecule has 0 bridgehead atoms. The summed E-state index contributed by atoms with van der Waals surface area (Å²) in [6.07, 6.45) is 3.81. The lowest BCUT2D eigenvalue weighted by molar-refractivity contribution is 0.104. The Hall–Kier alpha value is -3.27. The van der Waals surface area contributed by atoms with Gasteiger partial charge in [0.2, 0.25) is 15.7 Å². The van der Waals surface area contributed by atoms with Crippen LogP contribution in [-0.2, 0) is 9.84 Å². The predicted octanol–water partition coefficient (Wildman–Crippen LogP) is 2.15. The van der Waals surface area contributed by atoms with Crippen molar-refractivity contribution < 1.29 is 27.1 Å². The van der Waals surface area contributed by atoms with E-state index in [1.54, 1.807) is 0 Å². The summed E-state index contributed by atoms with van der Waals surface area (Å²) in [7, 11) is -4.11. The Bertz CT molecular complexity index is 1040. The molecule has 2 aromatic heterocycles. The van der Waals surface area contributed by atoms with Gasteiger partial charge in [0.1, 0.15) is 29.6 Å². The van der Waals surface area contributed by atoms with E-state index in [0.29, 0.717) is 0 Å². The van der Waals surface area contributed by atoms with Crippen LogP contribution in [0.15, 0.2) is 63.4 Å². The van der Waals surface area contributed by atoms with E-state index in [1.807, 2.05) is 0 Å². The third kappa shape index (κ3) is 3.19. The Balaban J connectivity index is 1.99. The largest absolute Gasteiger partial charge is 0.504 e. The quantitative estimate of drug-likeness (QED) is 0.308. The third-order valence-electron chi connectivity index (χ3n) is 3.22. The van der Waals surface area contributed by atoms with Gasteiger partial charge >= 0.3 is 0 Å². The van der Waals surface area contributed by atoms with Crippen molar-refractivity contribution in [1.82, 2.24) is 15.2 Å². The standard InChI is InChI=1S/C15H10FN3O5S/c16-9-1-3-10(4-2-9)25(22,23)14-7-24-6-11(14)12(20)5-13(21)15-17-8-18-19-15/h1-8,21H,(H,17,18,19). The van der Waals surface area contributed by atoms with Gasteiger partial charge in [0.15, 0.2) is 11.5 Å². The molecular formula is C15H10FN3O5S. The minimum Gasteiger partial charge on any atom is -0.504 e. The van der Waals surface area contributed by atoms with Crippen molar-refractivity contribution in [3.63, 3.8) is 0 Å². The first-order chi connectivity index (χ1) is 11.9. The molecule has 1 aromatic carbocycles. The van der Waals surface area contributed by atoms with Gasteiger partial charge in [-0.25, -0.2) is 17.8 Å². The van der Waals surface area contributed by atoms with Crippen molar-refractivity contribution in [3.05, 3.63) is 66.4 Å². The highest BCUT2D eigenvalue weighted by Gasteiger charge is 2.26. The number of aliphatic hydroxyl groups excluding tert-OH is 1. The molecule has 2 heterocycles. The zero-order valence-corrected chi connectivity index (χ0v) is 13.2. The average Bonchev–Trinajstić information content (AvgIpc) is 3.27. The zero-order valence-electron chi connectivity index (χ0n) is 12.4. The summed E-state index contributed by atoms with van der Waals surface area (Å²) < 4.78 is 43.0. The Morgan fingerprint density at radius 2 is 1.96 bits per heavy atom. The van der Waals surface area contributed by atoms with Gasteiger partial charge in [0, 0.05) is 6.08 Å². The number of furan rings is 1. The van der Waals surface area contributed by atoms with Gasteiger partial charge in [-0.2, -0.15) is 5.10 Å². The number of hydrogen-bond acceptors (Lipinski definition) is 7. The number of nitrogens with zero attached hydrogens (tertiary/aromatic N) is 2. The molecule has 0 atom stereocenters. The maximum absolute atomic E-state index is 13.0. The van der Waals surface area contributed by atoms with Crippen molar-refractivity contribution >= 4 is 21.4 Å². The minimum atomic E-state index is -4.11. The van der Waals surface area contributed by atoms with Crippen LogP contribution in [0.4, 0.5) is 4.39 Å². The van der Waals surface area contributed by atoms with E-state index in [2.05, 4.69) is 15.2 Å². The molecule has 0 amide bonds. The first kappa shape index (κ1) is 16.6. The molecule has 0 aliphatic heterocycles. The average molecular weight is 363 g/mol. The molecule has 0 saturated carbocycles. The Morgan fingerprint density at radius 3 is 2.60 bits per heavy atom. The molecule has 0 unspecified atom stereocenters. The lowest BCUT2D eigenvalue weighted by Gasteiger charge is -2.03. The van der Waals surface area contributed by atoms with Gasteiger partial charge in [0.05, 0.1) is 10.5 Å². The van der Waals surface area contributed by atoms with E-state index in [9.17, 15) is 22.7 Å². The van der Waals surface area contributed by atoms with Crippen LogP contribution in [0.3, 0.4) is 0 Å². The Kier molecular flexibility index (Phi) is 4.19. The highest BCUT2D eigenvalue weighted by atomic mass is 32.2. The van der Waals surface area contributed by atoms with Gasteiger partial charge in [-0.05, 0) is 24.3 Å². The monoisotopic (exact) mass is 363 g/mol. The molecule has 0 aliphatic carbocycles. The third-order valence-corrected chi connectivity index (χ3v) is 5.01. The number of hydrogen-bond donors (Lipinski definition) is 2. The van der Waals surface area contributed by atoms with Crippen LogP contribution in [0.1, 0.15) is 16.2 Å². The summed E-state index contributed by atoms with van der Waals surface area (Å²) in [6, 6.07) is 4.13. The number of ketones is 1. The van der Waals surface area contributed by atoms with Crippen LogP contribution in [0.25, 0.3) is 5.76 Å². The lowest BCUT2D eigenvalue weighted by Crippen LogP contribution is -2.07. The molecule has 0 aliphatic rings. The SMILES string of the molecule is O=C(C=C(O)c1nc[nH]n1)c1cocc1S(=O)(=O)c1ccc(F)cc1. The van der Waals surface area contributed by atoms with Crippen LogP contribution in [0, 0.1) is 5.82 Å². The normalized spacial score (nSPS) is 12.3. The number of allylic oxidation sites excluding steroid dienone is 1. The second kappa shape index (κ2) is 6.32. The molecule has 128 valence electrons. The summed E-state index contributed by atoms with van der Waals surface area (Å²) in [6.45, 7) is 0. The second-order valence-corrected chi connectivity index (χ2v) is 6.74. The zero-order chi connectivity index (χ0) is 18.0. The van der Waals surface area contributed by atoms with Crippen LogP contribution in [-0.4, -0.2) is 34.5 Å². The second-order valence-electron chi connectivity index (χ2n) is 4.82. The fraction of sp³-hybridized carbons (Fsp3) is 0. The summed E-state index contributed by atoms with van der Waals surface area (Å²) in [5, 5.41) is 15.7. The Morgan fingerprint density at radius 1 is 1.24 bits per heavy atom. The molecule has 2 N–H and O–H groups in total. The molecule has 0 saturated heterocycles. The number of nitrogens with one attached hydrogen (secondary N) is 1.